The molecule has 0 spiro atoms. The Kier molecular flexibility index (Phi) is 8.63. The summed E-state index contributed by atoms with van der Waals surface area (Å²) in [6.45, 7) is 0.998. The minimum absolute atomic E-state index is 0. The number of halogens is 1. The number of guanidine groups is 1. The number of furan rings is 1. The highest BCUT2D eigenvalue weighted by Crippen LogP contribution is 2.17. The number of rotatable bonds is 6. The van der Waals surface area contributed by atoms with Crippen LogP contribution in [0.4, 0.5) is 0 Å². The van der Waals surface area contributed by atoms with Gasteiger partial charge in [-0.3, -0.25) is 9.79 Å². The molecule has 1 aliphatic carbocycles. The van der Waals surface area contributed by atoms with E-state index in [2.05, 4.69) is 20.9 Å². The van der Waals surface area contributed by atoms with Crippen LogP contribution < -0.4 is 16.0 Å². The molecule has 1 saturated carbocycles. The van der Waals surface area contributed by atoms with Crippen LogP contribution in [0.5, 0.6) is 0 Å². The van der Waals surface area contributed by atoms with Gasteiger partial charge in [-0.25, -0.2) is 0 Å². The smallest absolute Gasteiger partial charge is 0.251 e. The summed E-state index contributed by atoms with van der Waals surface area (Å²) < 4.78 is 5.23. The maximum Gasteiger partial charge on any atom is 0.251 e. The van der Waals surface area contributed by atoms with Gasteiger partial charge in [0, 0.05) is 25.2 Å². The summed E-state index contributed by atoms with van der Waals surface area (Å²) in [5.74, 6) is 1.43. The molecule has 3 rings (SSSR count). The van der Waals surface area contributed by atoms with E-state index >= 15 is 0 Å². The number of nitrogens with one attached hydrogen (secondary N) is 3. The van der Waals surface area contributed by atoms with Gasteiger partial charge in [-0.05, 0) is 42.7 Å². The van der Waals surface area contributed by atoms with Gasteiger partial charge in [0.05, 0.1) is 12.8 Å². The van der Waals surface area contributed by atoms with E-state index in [9.17, 15) is 4.79 Å². The molecule has 0 bridgehead atoms. The molecule has 146 valence electrons. The Morgan fingerprint density at radius 3 is 2.67 bits per heavy atom. The second-order valence-corrected chi connectivity index (χ2v) is 6.51. The molecule has 7 heteroatoms. The summed E-state index contributed by atoms with van der Waals surface area (Å²) in [6.07, 6.45) is 6.56. The lowest BCUT2D eigenvalue weighted by molar-refractivity contribution is 0.0948. The standard InChI is InChI=1S/C20H26N4O2.HI/c1-21-20(24-17-8-2-3-9-17)23-13-15-6-4-7-16(12-15)19(25)22-14-18-10-5-11-26-18;/h4-7,10-12,17H,2-3,8-9,13-14H2,1H3,(H,22,25)(H2,21,23,24);1H. The molecule has 0 unspecified atom stereocenters. The van der Waals surface area contributed by atoms with Crippen LogP contribution in [0.25, 0.3) is 0 Å². The average Bonchev–Trinajstić information content (AvgIpc) is 3.37. The summed E-state index contributed by atoms with van der Waals surface area (Å²) in [6, 6.07) is 11.8. The molecule has 1 amide bonds. The molecule has 27 heavy (non-hydrogen) atoms. The molecule has 6 nitrogen and oxygen atoms in total. The van der Waals surface area contributed by atoms with Crippen molar-refractivity contribution in [3.8, 4) is 0 Å². The lowest BCUT2D eigenvalue weighted by Crippen LogP contribution is -2.41. The zero-order valence-electron chi connectivity index (χ0n) is 15.5. The van der Waals surface area contributed by atoms with Crippen LogP contribution in [0.15, 0.2) is 52.1 Å². The van der Waals surface area contributed by atoms with Crippen LogP contribution >= 0.6 is 24.0 Å². The van der Waals surface area contributed by atoms with E-state index in [-0.39, 0.29) is 29.9 Å². The molecule has 1 aromatic carbocycles. The Balaban J connectivity index is 0.00000261. The molecular weight excluding hydrogens is 455 g/mol. The van der Waals surface area contributed by atoms with Crippen LogP contribution in [-0.2, 0) is 13.1 Å². The van der Waals surface area contributed by atoms with E-state index in [1.165, 1.54) is 25.7 Å². The van der Waals surface area contributed by atoms with Crippen LogP contribution in [0.3, 0.4) is 0 Å². The molecule has 3 N–H and O–H groups in total. The predicted molar refractivity (Wildman–Crippen MR) is 117 cm³/mol. The van der Waals surface area contributed by atoms with Gasteiger partial charge in [-0.1, -0.05) is 25.0 Å². The van der Waals surface area contributed by atoms with E-state index in [0.717, 1.165) is 17.3 Å². The van der Waals surface area contributed by atoms with Gasteiger partial charge in [0.25, 0.3) is 5.91 Å². The largest absolute Gasteiger partial charge is 0.467 e. The molecule has 0 aliphatic heterocycles. The summed E-state index contributed by atoms with van der Waals surface area (Å²) in [4.78, 5) is 16.6. The second-order valence-electron chi connectivity index (χ2n) is 6.51. The number of hydrogen-bond acceptors (Lipinski definition) is 3. The summed E-state index contributed by atoms with van der Waals surface area (Å²) >= 11 is 0. The fraction of sp³-hybridized carbons (Fsp3) is 0.400. The van der Waals surface area contributed by atoms with Gasteiger partial charge in [0.1, 0.15) is 5.76 Å². The lowest BCUT2D eigenvalue weighted by atomic mass is 10.1. The fourth-order valence-electron chi connectivity index (χ4n) is 3.15. The topological polar surface area (TPSA) is 78.7 Å². The van der Waals surface area contributed by atoms with Gasteiger partial charge in [-0.15, -0.1) is 24.0 Å². The minimum atomic E-state index is -0.114. The molecule has 1 heterocycles. The van der Waals surface area contributed by atoms with E-state index in [4.69, 9.17) is 4.42 Å². The molecule has 0 radical (unpaired) electrons. The van der Waals surface area contributed by atoms with Crippen LogP contribution in [0.2, 0.25) is 0 Å². The van der Waals surface area contributed by atoms with Gasteiger partial charge >= 0.3 is 0 Å². The van der Waals surface area contributed by atoms with Crippen LogP contribution in [0, 0.1) is 0 Å². The SMILES string of the molecule is CN=C(NCc1cccc(C(=O)NCc2ccco2)c1)NC1CCCC1.I. The normalized spacial score (nSPS) is 14.5. The molecular formula is C20H27IN4O2. The summed E-state index contributed by atoms with van der Waals surface area (Å²) in [5, 5.41) is 9.65. The Labute approximate surface area is 177 Å². The molecule has 1 aromatic heterocycles. The first-order valence-corrected chi connectivity index (χ1v) is 9.11. The number of aliphatic imine (C=N–C) groups is 1. The Hall–Kier alpha value is -2.03. The Morgan fingerprint density at radius 1 is 1.15 bits per heavy atom. The first-order valence-electron chi connectivity index (χ1n) is 9.11. The van der Waals surface area contributed by atoms with Crippen LogP contribution in [0.1, 0.15) is 47.4 Å². The molecule has 1 fully saturated rings. The van der Waals surface area contributed by atoms with Crippen molar-refractivity contribution in [2.45, 2.75) is 44.8 Å². The van der Waals surface area contributed by atoms with Crippen molar-refractivity contribution in [2.75, 3.05) is 7.05 Å². The highest BCUT2D eigenvalue weighted by Gasteiger charge is 2.15. The molecule has 1 aliphatic rings. The second kappa shape index (κ2) is 11.0. The minimum Gasteiger partial charge on any atom is -0.467 e. The van der Waals surface area contributed by atoms with Crippen molar-refractivity contribution in [3.63, 3.8) is 0 Å². The maximum atomic E-state index is 12.3. The number of hydrogen-bond donors (Lipinski definition) is 3. The van der Waals surface area contributed by atoms with Crippen molar-refractivity contribution in [1.82, 2.24) is 16.0 Å². The number of amides is 1. The molecule has 0 atom stereocenters. The maximum absolute atomic E-state index is 12.3. The van der Waals surface area contributed by atoms with E-state index < -0.39 is 0 Å². The van der Waals surface area contributed by atoms with Crippen LogP contribution in [-0.4, -0.2) is 25.0 Å². The first-order chi connectivity index (χ1) is 12.7. The Morgan fingerprint density at radius 2 is 1.96 bits per heavy atom. The highest BCUT2D eigenvalue weighted by molar-refractivity contribution is 14.0. The molecule has 0 saturated heterocycles. The van der Waals surface area contributed by atoms with E-state index in [1.54, 1.807) is 19.4 Å². The first kappa shape index (κ1) is 21.3. The lowest BCUT2D eigenvalue weighted by Gasteiger charge is -2.17. The fourth-order valence-corrected chi connectivity index (χ4v) is 3.15. The molecule has 2 aromatic rings. The van der Waals surface area contributed by atoms with Gasteiger partial charge in [-0.2, -0.15) is 0 Å². The van der Waals surface area contributed by atoms with Gasteiger partial charge in [0.2, 0.25) is 0 Å². The zero-order valence-corrected chi connectivity index (χ0v) is 17.9. The van der Waals surface area contributed by atoms with Crippen molar-refractivity contribution < 1.29 is 9.21 Å². The van der Waals surface area contributed by atoms with Gasteiger partial charge in [0.15, 0.2) is 5.96 Å². The third-order valence-corrected chi connectivity index (χ3v) is 4.57. The number of carbonyl (C=O) groups is 1. The van der Waals surface area contributed by atoms with Crippen molar-refractivity contribution in [2.24, 2.45) is 4.99 Å². The summed E-state index contributed by atoms with van der Waals surface area (Å²) in [7, 11) is 1.78. The van der Waals surface area contributed by atoms with E-state index in [1.807, 2.05) is 30.3 Å². The predicted octanol–water partition coefficient (Wildman–Crippen LogP) is 3.44. The average molecular weight is 482 g/mol. The third kappa shape index (κ3) is 6.57. The summed E-state index contributed by atoms with van der Waals surface area (Å²) in [5.41, 5.74) is 1.67. The third-order valence-electron chi connectivity index (χ3n) is 4.57. The van der Waals surface area contributed by atoms with E-state index in [0.29, 0.717) is 24.7 Å². The number of carbonyl (C=O) groups excluding carboxylic acids is 1. The van der Waals surface area contributed by atoms with Crippen molar-refractivity contribution in [1.29, 1.82) is 0 Å². The van der Waals surface area contributed by atoms with Crippen molar-refractivity contribution >= 4 is 35.8 Å². The Bertz CT molecular complexity index is 740. The number of benzene rings is 1. The quantitative estimate of drug-likeness (QED) is 0.335. The zero-order chi connectivity index (χ0) is 18.2. The van der Waals surface area contributed by atoms with Gasteiger partial charge < -0.3 is 20.4 Å². The highest BCUT2D eigenvalue weighted by atomic mass is 127. The monoisotopic (exact) mass is 482 g/mol. The number of nitrogens with zero attached hydrogens (tertiary/aromatic N) is 1. The van der Waals surface area contributed by atoms with Crippen molar-refractivity contribution in [3.05, 3.63) is 59.5 Å².